The van der Waals surface area contributed by atoms with Crippen molar-refractivity contribution in [3.05, 3.63) is 28.8 Å². The average molecular weight is 314 g/mol. The fraction of sp³-hybridized carbons (Fsp3) is 0.533. The molecule has 0 radical (unpaired) electrons. The lowest BCUT2D eigenvalue weighted by atomic mass is 10.2. The molecule has 116 valence electrons. The average Bonchev–Trinajstić information content (AvgIpc) is 2.52. The van der Waals surface area contributed by atoms with Gasteiger partial charge in [0.15, 0.2) is 0 Å². The molecule has 21 heavy (non-hydrogen) atoms. The summed E-state index contributed by atoms with van der Waals surface area (Å²) in [6.45, 7) is 4.72. The summed E-state index contributed by atoms with van der Waals surface area (Å²) in [7, 11) is 0. The van der Waals surface area contributed by atoms with Crippen LogP contribution in [-0.4, -0.2) is 45.0 Å². The Balaban J connectivity index is 1.88. The minimum Gasteiger partial charge on any atom is -0.492 e. The quantitative estimate of drug-likeness (QED) is 0.875. The Morgan fingerprint density at radius 1 is 1.48 bits per heavy atom. The van der Waals surface area contributed by atoms with Gasteiger partial charge in [-0.3, -0.25) is 4.79 Å². The van der Waals surface area contributed by atoms with Crippen molar-refractivity contribution in [1.29, 1.82) is 0 Å². The van der Waals surface area contributed by atoms with Gasteiger partial charge in [-0.05, 0) is 24.6 Å². The maximum Gasteiger partial charge on any atom is 0.251 e. The molecule has 5 nitrogen and oxygen atoms in total. The van der Waals surface area contributed by atoms with Crippen molar-refractivity contribution in [2.45, 2.75) is 19.4 Å². The highest BCUT2D eigenvalue weighted by atomic mass is 35.5. The first-order valence-electron chi connectivity index (χ1n) is 7.10. The Hall–Kier alpha value is -1.30. The minimum atomic E-state index is -0.187. The summed E-state index contributed by atoms with van der Waals surface area (Å²) in [5, 5.41) is 3.25. The van der Waals surface area contributed by atoms with Crippen LogP contribution in [-0.2, 0) is 9.47 Å². The van der Waals surface area contributed by atoms with E-state index in [2.05, 4.69) is 5.32 Å². The molecule has 1 aromatic carbocycles. The predicted octanol–water partition coefficient (Wildman–Crippen LogP) is 2.27. The fourth-order valence-corrected chi connectivity index (χ4v) is 2.17. The zero-order valence-electron chi connectivity index (χ0n) is 12.1. The number of halogens is 1. The van der Waals surface area contributed by atoms with E-state index in [1.54, 1.807) is 18.2 Å². The molecule has 1 unspecified atom stereocenters. The molecule has 1 saturated heterocycles. The van der Waals surface area contributed by atoms with Crippen molar-refractivity contribution in [1.82, 2.24) is 5.32 Å². The monoisotopic (exact) mass is 313 g/mol. The van der Waals surface area contributed by atoms with Crippen LogP contribution in [0.1, 0.15) is 23.7 Å². The number of amides is 1. The molecule has 1 heterocycles. The van der Waals surface area contributed by atoms with Gasteiger partial charge < -0.3 is 19.5 Å². The molecule has 0 aromatic heterocycles. The van der Waals surface area contributed by atoms with Crippen LogP contribution in [0.3, 0.4) is 0 Å². The van der Waals surface area contributed by atoms with Crippen LogP contribution < -0.4 is 10.1 Å². The van der Waals surface area contributed by atoms with E-state index in [9.17, 15) is 4.79 Å². The van der Waals surface area contributed by atoms with E-state index in [1.807, 2.05) is 6.92 Å². The van der Waals surface area contributed by atoms with Gasteiger partial charge in [-0.2, -0.15) is 0 Å². The number of hydrogen-bond acceptors (Lipinski definition) is 4. The van der Waals surface area contributed by atoms with Crippen molar-refractivity contribution in [3.63, 3.8) is 0 Å². The third kappa shape index (κ3) is 4.88. The van der Waals surface area contributed by atoms with E-state index >= 15 is 0 Å². The highest BCUT2D eigenvalue weighted by molar-refractivity contribution is 6.32. The summed E-state index contributed by atoms with van der Waals surface area (Å²) in [4.78, 5) is 12.1. The van der Waals surface area contributed by atoms with Crippen LogP contribution in [0.15, 0.2) is 18.2 Å². The molecular weight excluding hydrogens is 294 g/mol. The van der Waals surface area contributed by atoms with Gasteiger partial charge in [0.05, 0.1) is 37.6 Å². The van der Waals surface area contributed by atoms with Crippen LogP contribution in [0.5, 0.6) is 5.75 Å². The van der Waals surface area contributed by atoms with E-state index < -0.39 is 0 Å². The summed E-state index contributed by atoms with van der Waals surface area (Å²) < 4.78 is 16.2. The molecule has 1 atom stereocenters. The molecule has 0 spiro atoms. The first-order valence-corrected chi connectivity index (χ1v) is 7.48. The number of benzene rings is 1. The molecule has 0 aliphatic carbocycles. The van der Waals surface area contributed by atoms with Crippen LogP contribution >= 0.6 is 11.6 Å². The maximum atomic E-state index is 12.1. The van der Waals surface area contributed by atoms with E-state index in [4.69, 9.17) is 25.8 Å². The van der Waals surface area contributed by atoms with Gasteiger partial charge in [-0.25, -0.2) is 0 Å². The van der Waals surface area contributed by atoms with Crippen molar-refractivity contribution >= 4 is 17.5 Å². The summed E-state index contributed by atoms with van der Waals surface area (Å²) in [6, 6.07) is 5.03. The summed E-state index contributed by atoms with van der Waals surface area (Å²) in [5.74, 6) is 0.409. The minimum absolute atomic E-state index is 0.0923. The van der Waals surface area contributed by atoms with Crippen LogP contribution in [0.4, 0.5) is 0 Å². The fourth-order valence-electron chi connectivity index (χ4n) is 1.93. The summed E-state index contributed by atoms with van der Waals surface area (Å²) >= 11 is 6.11. The first kappa shape index (κ1) is 16.1. The van der Waals surface area contributed by atoms with Gasteiger partial charge in [0.25, 0.3) is 5.91 Å². The lowest BCUT2D eigenvalue weighted by Crippen LogP contribution is -2.39. The van der Waals surface area contributed by atoms with Crippen LogP contribution in [0.25, 0.3) is 0 Å². The molecular formula is C15H20ClNO4. The van der Waals surface area contributed by atoms with Crippen LogP contribution in [0.2, 0.25) is 5.02 Å². The third-order valence-electron chi connectivity index (χ3n) is 3.03. The number of ether oxygens (including phenoxy) is 3. The lowest BCUT2D eigenvalue weighted by Gasteiger charge is -2.23. The standard InChI is InChI=1S/C15H20ClNO4/c1-2-5-21-14-4-3-11(8-13(14)16)15(18)17-9-12-10-19-6-7-20-12/h3-4,8,12H,2,5-7,9-10H2,1H3,(H,17,18). The second kappa shape index (κ2) is 8.22. The van der Waals surface area contributed by atoms with E-state index in [1.165, 1.54) is 0 Å². The highest BCUT2D eigenvalue weighted by Gasteiger charge is 2.16. The number of nitrogens with one attached hydrogen (secondary N) is 1. The normalized spacial score (nSPS) is 18.3. The smallest absolute Gasteiger partial charge is 0.251 e. The summed E-state index contributed by atoms with van der Waals surface area (Å²) in [6.07, 6.45) is 0.813. The third-order valence-corrected chi connectivity index (χ3v) is 3.33. The SMILES string of the molecule is CCCOc1ccc(C(=O)NCC2COCCO2)cc1Cl. The van der Waals surface area contributed by atoms with Gasteiger partial charge in [-0.15, -0.1) is 0 Å². The first-order chi connectivity index (χ1) is 10.2. The van der Waals surface area contributed by atoms with Crippen molar-refractivity contribution < 1.29 is 19.0 Å². The molecule has 0 saturated carbocycles. The number of carbonyl (C=O) groups excluding carboxylic acids is 1. The van der Waals surface area contributed by atoms with E-state index in [0.29, 0.717) is 49.3 Å². The second-order valence-electron chi connectivity index (χ2n) is 4.77. The number of hydrogen-bond donors (Lipinski definition) is 1. The Morgan fingerprint density at radius 2 is 2.33 bits per heavy atom. The van der Waals surface area contributed by atoms with Gasteiger partial charge in [-0.1, -0.05) is 18.5 Å². The predicted molar refractivity (Wildman–Crippen MR) is 80.1 cm³/mol. The van der Waals surface area contributed by atoms with Gasteiger partial charge >= 0.3 is 0 Å². The van der Waals surface area contributed by atoms with Crippen LogP contribution in [0, 0.1) is 0 Å². The molecule has 0 bridgehead atoms. The number of rotatable bonds is 6. The molecule has 1 amide bonds. The van der Waals surface area contributed by atoms with Gasteiger partial charge in [0, 0.05) is 12.1 Å². The Bertz CT molecular complexity index is 475. The largest absolute Gasteiger partial charge is 0.492 e. The molecule has 1 aliphatic rings. The molecule has 1 aliphatic heterocycles. The van der Waals surface area contributed by atoms with E-state index in [0.717, 1.165) is 6.42 Å². The van der Waals surface area contributed by atoms with E-state index in [-0.39, 0.29) is 12.0 Å². The second-order valence-corrected chi connectivity index (χ2v) is 5.18. The molecule has 6 heteroatoms. The number of carbonyl (C=O) groups is 1. The summed E-state index contributed by atoms with van der Waals surface area (Å²) in [5.41, 5.74) is 0.501. The molecule has 2 rings (SSSR count). The van der Waals surface area contributed by atoms with Gasteiger partial charge in [0.1, 0.15) is 5.75 Å². The molecule has 1 fully saturated rings. The lowest BCUT2D eigenvalue weighted by molar-refractivity contribution is -0.0855. The van der Waals surface area contributed by atoms with Crippen molar-refractivity contribution in [2.24, 2.45) is 0 Å². The Morgan fingerprint density at radius 3 is 3.00 bits per heavy atom. The van der Waals surface area contributed by atoms with Crippen molar-refractivity contribution in [3.8, 4) is 5.75 Å². The molecule has 1 N–H and O–H groups in total. The highest BCUT2D eigenvalue weighted by Crippen LogP contribution is 2.25. The maximum absolute atomic E-state index is 12.1. The van der Waals surface area contributed by atoms with Gasteiger partial charge in [0.2, 0.25) is 0 Å². The molecule has 1 aromatic rings. The zero-order chi connectivity index (χ0) is 15.1. The van der Waals surface area contributed by atoms with Crippen molar-refractivity contribution in [2.75, 3.05) is 33.0 Å². The zero-order valence-corrected chi connectivity index (χ0v) is 12.8. The Kier molecular flexibility index (Phi) is 6.29. The Labute approximate surface area is 129 Å². The topological polar surface area (TPSA) is 56.8 Å².